The average Bonchev–Trinajstić information content (AvgIpc) is 2.84. The third kappa shape index (κ3) is 2.52. The van der Waals surface area contributed by atoms with Gasteiger partial charge in [0.05, 0.1) is 17.8 Å². The first-order valence-corrected chi connectivity index (χ1v) is 7.52. The van der Waals surface area contributed by atoms with Crippen molar-refractivity contribution in [3.63, 3.8) is 0 Å². The molecule has 4 nitrogen and oxygen atoms in total. The van der Waals surface area contributed by atoms with Crippen molar-refractivity contribution in [3.05, 3.63) is 56.9 Å². The van der Waals surface area contributed by atoms with Gasteiger partial charge in [-0.1, -0.05) is 40.9 Å². The molecular formula is C15H9Cl3N4. The summed E-state index contributed by atoms with van der Waals surface area (Å²) in [5.74, 6) is 0. The highest BCUT2D eigenvalue weighted by molar-refractivity contribution is 6.35. The molecule has 3 rings (SSSR count). The van der Waals surface area contributed by atoms with E-state index < -0.39 is 0 Å². The van der Waals surface area contributed by atoms with Crippen LogP contribution in [-0.2, 0) is 0 Å². The zero-order chi connectivity index (χ0) is 15.9. The van der Waals surface area contributed by atoms with Crippen LogP contribution in [0, 0.1) is 11.3 Å². The van der Waals surface area contributed by atoms with Gasteiger partial charge in [-0.05, 0) is 24.6 Å². The third-order valence-electron chi connectivity index (χ3n) is 3.44. The van der Waals surface area contributed by atoms with Gasteiger partial charge in [0.1, 0.15) is 16.7 Å². The first-order valence-electron chi connectivity index (χ1n) is 6.39. The third-order valence-corrected chi connectivity index (χ3v) is 4.19. The van der Waals surface area contributed by atoms with E-state index in [-0.39, 0.29) is 11.2 Å². The maximum Gasteiger partial charge on any atom is 0.162 e. The molecule has 1 unspecified atom stereocenters. The highest BCUT2D eigenvalue weighted by atomic mass is 35.5. The van der Waals surface area contributed by atoms with Crippen LogP contribution in [-0.4, -0.2) is 14.5 Å². The summed E-state index contributed by atoms with van der Waals surface area (Å²) in [5, 5.41) is 10.6. The maximum absolute atomic E-state index is 9.25. The number of aromatic nitrogens is 3. The monoisotopic (exact) mass is 350 g/mol. The minimum Gasteiger partial charge on any atom is -0.322 e. The van der Waals surface area contributed by atoms with E-state index in [1.807, 2.05) is 17.6 Å². The lowest BCUT2D eigenvalue weighted by Gasteiger charge is -2.16. The maximum atomic E-state index is 9.25. The number of nitrogens with zero attached hydrogens (tertiary/aromatic N) is 4. The van der Waals surface area contributed by atoms with Crippen molar-refractivity contribution >= 4 is 46.0 Å². The molecule has 110 valence electrons. The molecule has 1 atom stereocenters. The lowest BCUT2D eigenvalue weighted by atomic mass is 10.1. The highest BCUT2D eigenvalue weighted by Gasteiger charge is 2.18. The van der Waals surface area contributed by atoms with Gasteiger partial charge in [0.25, 0.3) is 0 Å². The molecule has 0 aliphatic carbocycles. The minimum absolute atomic E-state index is 0.151. The van der Waals surface area contributed by atoms with Crippen molar-refractivity contribution in [2.75, 3.05) is 0 Å². The zero-order valence-corrected chi connectivity index (χ0v) is 13.7. The van der Waals surface area contributed by atoms with Gasteiger partial charge in [0.15, 0.2) is 5.65 Å². The molecule has 7 heteroatoms. The first-order chi connectivity index (χ1) is 10.5. The fourth-order valence-corrected chi connectivity index (χ4v) is 3.05. The van der Waals surface area contributed by atoms with Gasteiger partial charge in [0, 0.05) is 16.2 Å². The number of hydrogen-bond donors (Lipinski definition) is 0. The molecule has 2 aromatic heterocycles. The van der Waals surface area contributed by atoms with E-state index in [2.05, 4.69) is 16.0 Å². The Labute approximate surface area is 141 Å². The van der Waals surface area contributed by atoms with Crippen LogP contribution < -0.4 is 0 Å². The lowest BCUT2D eigenvalue weighted by molar-refractivity contribution is 0.658. The Morgan fingerprint density at radius 3 is 2.73 bits per heavy atom. The SMILES string of the molecule is CC(c1ccc(Cl)cc1Cl)n1cc(C#N)c2ncc(Cl)nc21. The summed E-state index contributed by atoms with van der Waals surface area (Å²) < 4.78 is 1.84. The van der Waals surface area contributed by atoms with E-state index in [1.54, 1.807) is 18.3 Å². The van der Waals surface area contributed by atoms with Crippen molar-refractivity contribution < 1.29 is 0 Å². The van der Waals surface area contributed by atoms with Crippen LogP contribution in [0.3, 0.4) is 0 Å². The number of fused-ring (bicyclic) bond motifs is 1. The Morgan fingerprint density at radius 2 is 2.05 bits per heavy atom. The molecule has 2 heterocycles. The van der Waals surface area contributed by atoms with Crippen molar-refractivity contribution in [1.29, 1.82) is 5.26 Å². The van der Waals surface area contributed by atoms with E-state index >= 15 is 0 Å². The van der Waals surface area contributed by atoms with Gasteiger partial charge < -0.3 is 4.57 Å². The van der Waals surface area contributed by atoms with Crippen molar-refractivity contribution in [1.82, 2.24) is 14.5 Å². The largest absolute Gasteiger partial charge is 0.322 e. The molecule has 0 bridgehead atoms. The van der Waals surface area contributed by atoms with Crippen molar-refractivity contribution in [2.24, 2.45) is 0 Å². The number of nitriles is 1. The highest BCUT2D eigenvalue weighted by Crippen LogP contribution is 2.31. The van der Waals surface area contributed by atoms with Gasteiger partial charge in [-0.15, -0.1) is 0 Å². The van der Waals surface area contributed by atoms with Crippen LogP contribution in [0.4, 0.5) is 0 Å². The van der Waals surface area contributed by atoms with Crippen LogP contribution in [0.25, 0.3) is 11.2 Å². The second kappa shape index (κ2) is 5.77. The molecule has 0 N–H and O–H groups in total. The molecule has 0 radical (unpaired) electrons. The minimum atomic E-state index is -0.151. The topological polar surface area (TPSA) is 54.5 Å². The smallest absolute Gasteiger partial charge is 0.162 e. The zero-order valence-electron chi connectivity index (χ0n) is 11.4. The quantitative estimate of drug-likeness (QED) is 0.661. The summed E-state index contributed by atoms with van der Waals surface area (Å²) in [6, 6.07) is 7.28. The van der Waals surface area contributed by atoms with Crippen LogP contribution in [0.1, 0.15) is 24.1 Å². The normalized spacial score (nSPS) is 12.3. The molecule has 0 aliphatic heterocycles. The van der Waals surface area contributed by atoms with E-state index in [1.165, 1.54) is 6.20 Å². The van der Waals surface area contributed by atoms with Crippen molar-refractivity contribution in [3.8, 4) is 6.07 Å². The van der Waals surface area contributed by atoms with Gasteiger partial charge in [-0.2, -0.15) is 5.26 Å². The first kappa shape index (κ1) is 15.1. The van der Waals surface area contributed by atoms with E-state index in [4.69, 9.17) is 34.8 Å². The van der Waals surface area contributed by atoms with E-state index in [0.717, 1.165) is 5.56 Å². The Hall–Kier alpha value is -1.80. The Kier molecular flexibility index (Phi) is 3.96. The number of benzene rings is 1. The molecule has 0 spiro atoms. The molecule has 0 aliphatic rings. The van der Waals surface area contributed by atoms with Gasteiger partial charge in [-0.25, -0.2) is 9.97 Å². The van der Waals surface area contributed by atoms with Crippen LogP contribution in [0.5, 0.6) is 0 Å². The number of halogens is 3. The summed E-state index contributed by atoms with van der Waals surface area (Å²) >= 11 is 18.1. The average molecular weight is 352 g/mol. The number of hydrogen-bond acceptors (Lipinski definition) is 3. The standard InChI is InChI=1S/C15H9Cl3N4/c1-8(11-3-2-10(16)4-12(11)17)22-7-9(5-19)14-15(22)21-13(18)6-20-14/h2-4,6-8H,1H3. The van der Waals surface area contributed by atoms with Gasteiger partial charge in [0.2, 0.25) is 0 Å². The summed E-state index contributed by atoms with van der Waals surface area (Å²) in [6.45, 7) is 1.96. The molecule has 0 fully saturated rings. The van der Waals surface area contributed by atoms with E-state index in [0.29, 0.717) is 26.8 Å². The van der Waals surface area contributed by atoms with Crippen LogP contribution in [0.15, 0.2) is 30.6 Å². The molecule has 3 aromatic rings. The Morgan fingerprint density at radius 1 is 1.27 bits per heavy atom. The molecule has 0 saturated carbocycles. The van der Waals surface area contributed by atoms with Crippen LogP contribution >= 0.6 is 34.8 Å². The second-order valence-corrected chi connectivity index (χ2v) is 6.00. The molecule has 22 heavy (non-hydrogen) atoms. The second-order valence-electron chi connectivity index (χ2n) is 4.77. The number of rotatable bonds is 2. The Bertz CT molecular complexity index is 911. The molecule has 0 amide bonds. The fourth-order valence-electron chi connectivity index (χ4n) is 2.36. The summed E-state index contributed by atoms with van der Waals surface area (Å²) in [4.78, 5) is 8.48. The summed E-state index contributed by atoms with van der Waals surface area (Å²) in [6.07, 6.45) is 3.13. The summed E-state index contributed by atoms with van der Waals surface area (Å²) in [5.41, 5.74) is 2.37. The molecule has 1 aromatic carbocycles. The van der Waals surface area contributed by atoms with Gasteiger partial charge >= 0.3 is 0 Å². The van der Waals surface area contributed by atoms with Crippen LogP contribution in [0.2, 0.25) is 15.2 Å². The molecule has 0 saturated heterocycles. The fraction of sp³-hybridized carbons (Fsp3) is 0.133. The summed E-state index contributed by atoms with van der Waals surface area (Å²) in [7, 11) is 0. The predicted octanol–water partition coefficient (Wildman–Crippen LogP) is 4.87. The predicted molar refractivity (Wildman–Crippen MR) is 87.5 cm³/mol. The molecular weight excluding hydrogens is 343 g/mol. The van der Waals surface area contributed by atoms with E-state index in [9.17, 15) is 5.26 Å². The Balaban J connectivity index is 2.21. The lowest BCUT2D eigenvalue weighted by Crippen LogP contribution is -2.07. The van der Waals surface area contributed by atoms with Gasteiger partial charge in [-0.3, -0.25) is 0 Å². The van der Waals surface area contributed by atoms with Crippen molar-refractivity contribution in [2.45, 2.75) is 13.0 Å².